The quantitative estimate of drug-likeness (QED) is 0.779. The summed E-state index contributed by atoms with van der Waals surface area (Å²) in [4.78, 5) is 32.9. The number of carboxylic acids is 1. The van der Waals surface area contributed by atoms with E-state index in [1.165, 1.54) is 6.07 Å². The summed E-state index contributed by atoms with van der Waals surface area (Å²) in [5, 5.41) is 11.3. The molecule has 1 amide bonds. The minimum Gasteiger partial charge on any atom is -0.481 e. The molecule has 1 rings (SSSR count). The van der Waals surface area contributed by atoms with E-state index in [9.17, 15) is 14.4 Å². The van der Waals surface area contributed by atoms with Gasteiger partial charge in [-0.25, -0.2) is 4.79 Å². The Hall–Kier alpha value is -2.11. The van der Waals surface area contributed by atoms with Crippen molar-refractivity contribution in [3.63, 3.8) is 0 Å². The van der Waals surface area contributed by atoms with Crippen LogP contribution in [0.25, 0.3) is 0 Å². The predicted octanol–water partition coefficient (Wildman–Crippen LogP) is 0.480. The third kappa shape index (κ3) is 3.75. The highest BCUT2D eigenvalue weighted by molar-refractivity contribution is 5.93. The minimum atomic E-state index is -0.951. The molecule has 0 bridgehead atoms. The average molecular weight is 239 g/mol. The van der Waals surface area contributed by atoms with Crippen LogP contribution in [0.2, 0.25) is 0 Å². The molecule has 1 atom stereocenters. The Morgan fingerprint density at radius 2 is 2.18 bits per heavy atom. The number of carbonyl (C=O) groups is 2. The van der Waals surface area contributed by atoms with Crippen LogP contribution in [-0.2, 0) is 4.79 Å². The molecule has 1 aromatic rings. The first-order chi connectivity index (χ1) is 8.04. The molecule has 1 unspecified atom stereocenters. The average Bonchev–Trinajstić information content (AvgIpc) is 2.30. The fraction of sp³-hybridized carbons (Fsp3) is 0.364. The van der Waals surface area contributed by atoms with Crippen molar-refractivity contribution in [1.82, 2.24) is 5.32 Å². The number of carboxylic acid groups (broad SMARTS) is 1. The van der Waals surface area contributed by atoms with Crippen molar-refractivity contribution in [2.75, 3.05) is 6.54 Å². The first kappa shape index (κ1) is 13.0. The van der Waals surface area contributed by atoms with Crippen molar-refractivity contribution < 1.29 is 19.1 Å². The summed E-state index contributed by atoms with van der Waals surface area (Å²) in [5.74, 6) is -2.03. The molecule has 0 saturated heterocycles. The first-order valence-electron chi connectivity index (χ1n) is 5.14. The largest absolute Gasteiger partial charge is 0.481 e. The predicted molar refractivity (Wildman–Crippen MR) is 58.7 cm³/mol. The number of amides is 1. The van der Waals surface area contributed by atoms with E-state index in [4.69, 9.17) is 5.11 Å². The van der Waals surface area contributed by atoms with Gasteiger partial charge in [0.05, 0.1) is 11.5 Å². The van der Waals surface area contributed by atoms with E-state index in [1.54, 1.807) is 6.92 Å². The van der Waals surface area contributed by atoms with Gasteiger partial charge in [-0.15, -0.1) is 0 Å². The maximum Gasteiger partial charge on any atom is 0.335 e. The van der Waals surface area contributed by atoms with E-state index in [1.807, 2.05) is 0 Å². The van der Waals surface area contributed by atoms with E-state index < -0.39 is 23.4 Å². The number of aliphatic carboxylic acids is 1. The summed E-state index contributed by atoms with van der Waals surface area (Å²) in [7, 11) is 0. The van der Waals surface area contributed by atoms with E-state index in [2.05, 4.69) is 9.73 Å². The highest BCUT2D eigenvalue weighted by Crippen LogP contribution is 2.02. The summed E-state index contributed by atoms with van der Waals surface area (Å²) in [6, 6.07) is 2.45. The van der Waals surface area contributed by atoms with Gasteiger partial charge in [-0.3, -0.25) is 9.59 Å². The van der Waals surface area contributed by atoms with Crippen molar-refractivity contribution in [2.24, 2.45) is 5.92 Å². The topological polar surface area (TPSA) is 96.6 Å². The molecule has 1 heterocycles. The molecule has 0 saturated carbocycles. The molecule has 0 aliphatic carbocycles. The number of nitrogens with one attached hydrogen (secondary N) is 1. The lowest BCUT2D eigenvalue weighted by Crippen LogP contribution is -2.32. The van der Waals surface area contributed by atoms with Gasteiger partial charge in [-0.05, 0) is 12.5 Å². The molecular formula is C11H13NO5. The fourth-order valence-electron chi connectivity index (χ4n) is 1.21. The van der Waals surface area contributed by atoms with Gasteiger partial charge < -0.3 is 14.8 Å². The molecule has 0 radical (unpaired) electrons. The molecular weight excluding hydrogens is 226 g/mol. The lowest BCUT2D eigenvalue weighted by molar-refractivity contribution is -0.141. The second kappa shape index (κ2) is 5.83. The highest BCUT2D eigenvalue weighted by Gasteiger charge is 2.16. The Balaban J connectivity index is 2.58. The summed E-state index contributed by atoms with van der Waals surface area (Å²) in [6.07, 6.45) is 1.47. The molecule has 17 heavy (non-hydrogen) atoms. The first-order valence-corrected chi connectivity index (χ1v) is 5.14. The standard InChI is InChI=1S/C11H13NO5/c1-2-7(11(15)16)5-12-10(14)8-3-4-9(13)17-6-8/h3-4,6-7H,2,5H2,1H3,(H,12,14)(H,15,16). The van der Waals surface area contributed by atoms with E-state index in [0.717, 1.165) is 12.3 Å². The van der Waals surface area contributed by atoms with E-state index >= 15 is 0 Å². The van der Waals surface area contributed by atoms with Gasteiger partial charge in [0.15, 0.2) is 0 Å². The Labute approximate surface area is 97.3 Å². The Morgan fingerprint density at radius 3 is 2.65 bits per heavy atom. The molecule has 0 fully saturated rings. The molecule has 2 N–H and O–H groups in total. The summed E-state index contributed by atoms with van der Waals surface area (Å²) in [6.45, 7) is 1.77. The zero-order valence-electron chi connectivity index (χ0n) is 9.30. The Bertz CT molecular complexity index is 445. The van der Waals surface area contributed by atoms with Crippen LogP contribution < -0.4 is 10.9 Å². The Kier molecular flexibility index (Phi) is 4.45. The van der Waals surface area contributed by atoms with Gasteiger partial charge in [0.2, 0.25) is 0 Å². The number of hydrogen-bond acceptors (Lipinski definition) is 4. The van der Waals surface area contributed by atoms with Crippen molar-refractivity contribution in [3.8, 4) is 0 Å². The maximum absolute atomic E-state index is 11.5. The van der Waals surface area contributed by atoms with Crippen molar-refractivity contribution in [3.05, 3.63) is 34.4 Å². The highest BCUT2D eigenvalue weighted by atomic mass is 16.4. The lowest BCUT2D eigenvalue weighted by Gasteiger charge is -2.10. The minimum absolute atomic E-state index is 0.0454. The van der Waals surface area contributed by atoms with Crippen LogP contribution >= 0.6 is 0 Å². The fourth-order valence-corrected chi connectivity index (χ4v) is 1.21. The number of rotatable bonds is 5. The molecule has 0 spiro atoms. The van der Waals surface area contributed by atoms with Crippen LogP contribution in [0.3, 0.4) is 0 Å². The molecule has 6 heteroatoms. The zero-order valence-corrected chi connectivity index (χ0v) is 9.30. The number of hydrogen-bond donors (Lipinski definition) is 2. The van der Waals surface area contributed by atoms with E-state index in [-0.39, 0.29) is 12.1 Å². The van der Waals surface area contributed by atoms with Crippen LogP contribution in [-0.4, -0.2) is 23.5 Å². The van der Waals surface area contributed by atoms with Crippen molar-refractivity contribution in [1.29, 1.82) is 0 Å². The third-order valence-electron chi connectivity index (χ3n) is 2.31. The van der Waals surface area contributed by atoms with Crippen LogP contribution in [0.1, 0.15) is 23.7 Å². The molecule has 1 aromatic heterocycles. The lowest BCUT2D eigenvalue weighted by atomic mass is 10.1. The summed E-state index contributed by atoms with van der Waals surface area (Å²) < 4.78 is 4.53. The SMILES string of the molecule is CCC(CNC(=O)c1ccc(=O)oc1)C(=O)O. The second-order valence-corrected chi connectivity index (χ2v) is 3.50. The van der Waals surface area contributed by atoms with Gasteiger partial charge in [0, 0.05) is 12.6 Å². The van der Waals surface area contributed by atoms with Gasteiger partial charge in [-0.1, -0.05) is 6.92 Å². The maximum atomic E-state index is 11.5. The van der Waals surface area contributed by atoms with Crippen LogP contribution in [0.4, 0.5) is 0 Å². The Morgan fingerprint density at radius 1 is 1.47 bits per heavy atom. The third-order valence-corrected chi connectivity index (χ3v) is 2.31. The molecule has 0 aromatic carbocycles. The molecule has 0 aliphatic rings. The normalized spacial score (nSPS) is 11.8. The van der Waals surface area contributed by atoms with Crippen LogP contribution in [0.5, 0.6) is 0 Å². The smallest absolute Gasteiger partial charge is 0.335 e. The molecule has 6 nitrogen and oxygen atoms in total. The second-order valence-electron chi connectivity index (χ2n) is 3.50. The monoisotopic (exact) mass is 239 g/mol. The van der Waals surface area contributed by atoms with Gasteiger partial charge in [0.25, 0.3) is 5.91 Å². The van der Waals surface area contributed by atoms with Crippen molar-refractivity contribution in [2.45, 2.75) is 13.3 Å². The van der Waals surface area contributed by atoms with Crippen LogP contribution in [0.15, 0.2) is 27.6 Å². The molecule has 0 aliphatic heterocycles. The van der Waals surface area contributed by atoms with Gasteiger partial charge in [0.1, 0.15) is 6.26 Å². The van der Waals surface area contributed by atoms with Gasteiger partial charge in [-0.2, -0.15) is 0 Å². The van der Waals surface area contributed by atoms with E-state index in [0.29, 0.717) is 6.42 Å². The summed E-state index contributed by atoms with van der Waals surface area (Å²) >= 11 is 0. The number of carbonyl (C=O) groups excluding carboxylic acids is 1. The summed E-state index contributed by atoms with van der Waals surface area (Å²) in [5.41, 5.74) is -0.358. The van der Waals surface area contributed by atoms with Crippen molar-refractivity contribution >= 4 is 11.9 Å². The molecule has 92 valence electrons. The van der Waals surface area contributed by atoms with Gasteiger partial charge >= 0.3 is 11.6 Å². The zero-order chi connectivity index (χ0) is 12.8. The van der Waals surface area contributed by atoms with Crippen LogP contribution in [0, 0.1) is 5.92 Å².